The molecule has 2 aromatic rings. The Balaban J connectivity index is 1.84. The van der Waals surface area contributed by atoms with Crippen LogP contribution in [0.3, 0.4) is 0 Å². The molecule has 28 heavy (non-hydrogen) atoms. The minimum absolute atomic E-state index is 0.0221. The molecule has 2 aromatic carbocycles. The van der Waals surface area contributed by atoms with Crippen molar-refractivity contribution in [2.75, 3.05) is 32.8 Å². The lowest BCUT2D eigenvalue weighted by Gasteiger charge is -2.35. The van der Waals surface area contributed by atoms with Gasteiger partial charge in [-0.1, -0.05) is 35.9 Å². The fraction of sp³-hybridized carbons (Fsp3) is 0.455. The zero-order valence-corrected chi connectivity index (χ0v) is 18.0. The molecule has 0 aromatic heterocycles. The van der Waals surface area contributed by atoms with Gasteiger partial charge in [-0.05, 0) is 56.0 Å². The topological polar surface area (TPSA) is 58.6 Å². The second-order valence-electron chi connectivity index (χ2n) is 7.63. The van der Waals surface area contributed by atoms with Crippen LogP contribution in [0.4, 0.5) is 0 Å². The molecule has 1 heterocycles. The Morgan fingerprint density at radius 3 is 2.21 bits per heavy atom. The molecule has 0 saturated carbocycles. The first-order valence-electron chi connectivity index (χ1n) is 9.74. The number of ether oxygens (including phenoxy) is 1. The molecule has 152 valence electrons. The molecule has 0 aliphatic carbocycles. The molecule has 1 unspecified atom stereocenters. The minimum Gasteiger partial charge on any atom is -0.379 e. The monoisotopic (exact) mass is 402 g/mol. The van der Waals surface area contributed by atoms with E-state index in [1.165, 1.54) is 5.56 Å². The lowest BCUT2D eigenvalue weighted by atomic mass is 10.0. The minimum atomic E-state index is -3.59. The highest BCUT2D eigenvalue weighted by Gasteiger charge is 2.26. The van der Waals surface area contributed by atoms with Crippen molar-refractivity contribution < 1.29 is 13.2 Å². The Morgan fingerprint density at radius 2 is 1.57 bits per heavy atom. The van der Waals surface area contributed by atoms with Crippen molar-refractivity contribution in [3.63, 3.8) is 0 Å². The molecular formula is C22H30N2O3S. The smallest absolute Gasteiger partial charge is 0.240 e. The van der Waals surface area contributed by atoms with Crippen LogP contribution in [0.1, 0.15) is 33.9 Å². The molecule has 6 heteroatoms. The molecule has 5 nitrogen and oxygen atoms in total. The van der Waals surface area contributed by atoms with E-state index in [1.54, 1.807) is 6.07 Å². The Bertz CT molecular complexity index is 918. The molecule has 0 radical (unpaired) electrons. The van der Waals surface area contributed by atoms with Crippen LogP contribution >= 0.6 is 0 Å². The maximum atomic E-state index is 13.0. The number of hydrogen-bond acceptors (Lipinski definition) is 4. The van der Waals surface area contributed by atoms with E-state index in [0.717, 1.165) is 35.3 Å². The predicted octanol–water partition coefficient (Wildman–Crippen LogP) is 3.27. The second-order valence-corrected chi connectivity index (χ2v) is 9.36. The third-order valence-corrected chi connectivity index (χ3v) is 7.06. The summed E-state index contributed by atoms with van der Waals surface area (Å²) in [5, 5.41) is 0. The summed E-state index contributed by atoms with van der Waals surface area (Å²) in [6.45, 7) is 11.1. The zero-order valence-electron chi connectivity index (χ0n) is 17.2. The molecule has 0 bridgehead atoms. The van der Waals surface area contributed by atoms with E-state index in [4.69, 9.17) is 4.74 Å². The summed E-state index contributed by atoms with van der Waals surface area (Å²) < 4.78 is 34.4. The largest absolute Gasteiger partial charge is 0.379 e. The van der Waals surface area contributed by atoms with Gasteiger partial charge in [0.05, 0.1) is 18.1 Å². The van der Waals surface area contributed by atoms with Crippen LogP contribution in [0.25, 0.3) is 0 Å². The highest BCUT2D eigenvalue weighted by atomic mass is 32.2. The van der Waals surface area contributed by atoms with Crippen molar-refractivity contribution in [2.24, 2.45) is 0 Å². The molecule has 1 fully saturated rings. The third-order valence-electron chi connectivity index (χ3n) is 5.50. The summed E-state index contributed by atoms with van der Waals surface area (Å²) >= 11 is 0. The van der Waals surface area contributed by atoms with E-state index in [2.05, 4.69) is 40.8 Å². The fourth-order valence-electron chi connectivity index (χ4n) is 3.63. The van der Waals surface area contributed by atoms with E-state index >= 15 is 0 Å². The van der Waals surface area contributed by atoms with Crippen LogP contribution in [-0.2, 0) is 14.8 Å². The van der Waals surface area contributed by atoms with E-state index in [0.29, 0.717) is 24.7 Å². The van der Waals surface area contributed by atoms with Crippen LogP contribution in [0.2, 0.25) is 0 Å². The molecule has 1 atom stereocenters. The number of benzene rings is 2. The fourth-order valence-corrected chi connectivity index (χ4v) is 4.97. The van der Waals surface area contributed by atoms with E-state index in [9.17, 15) is 8.42 Å². The summed E-state index contributed by atoms with van der Waals surface area (Å²) in [7, 11) is -3.59. The number of nitrogens with one attached hydrogen (secondary N) is 1. The number of rotatable bonds is 6. The molecule has 1 aliphatic heterocycles. The van der Waals surface area contributed by atoms with Crippen molar-refractivity contribution in [1.29, 1.82) is 0 Å². The summed E-state index contributed by atoms with van der Waals surface area (Å²) in [6.07, 6.45) is 0. The lowest BCUT2D eigenvalue weighted by Crippen LogP contribution is -2.43. The number of morpholine rings is 1. The molecule has 0 amide bonds. The molecular weight excluding hydrogens is 372 g/mol. The van der Waals surface area contributed by atoms with Crippen LogP contribution < -0.4 is 4.72 Å². The van der Waals surface area contributed by atoms with Crippen molar-refractivity contribution in [3.8, 4) is 0 Å². The standard InChI is InChI=1S/C22H30N2O3S/c1-16-5-7-20(8-6-16)21(24-9-11-27-12-10-24)15-23-28(25,26)22-14-18(3)17(2)13-19(22)4/h5-8,13-14,21,23H,9-12,15H2,1-4H3. The molecule has 1 aliphatic rings. The van der Waals surface area contributed by atoms with Gasteiger partial charge in [0.1, 0.15) is 0 Å². The average molecular weight is 403 g/mol. The highest BCUT2D eigenvalue weighted by molar-refractivity contribution is 7.89. The SMILES string of the molecule is Cc1ccc(C(CNS(=O)(=O)c2cc(C)c(C)cc2C)N2CCOCC2)cc1. The van der Waals surface area contributed by atoms with Crippen LogP contribution in [0.15, 0.2) is 41.3 Å². The van der Waals surface area contributed by atoms with Crippen molar-refractivity contribution in [1.82, 2.24) is 9.62 Å². The summed E-state index contributed by atoms with van der Waals surface area (Å²) in [4.78, 5) is 2.66. The second kappa shape index (κ2) is 8.74. The Labute approximate surface area is 168 Å². The van der Waals surface area contributed by atoms with Crippen LogP contribution in [0, 0.1) is 27.7 Å². The summed E-state index contributed by atoms with van der Waals surface area (Å²) in [5.74, 6) is 0. The first kappa shape index (κ1) is 21.0. The average Bonchev–Trinajstić information content (AvgIpc) is 2.67. The number of sulfonamides is 1. The number of nitrogens with zero attached hydrogens (tertiary/aromatic N) is 1. The van der Waals surface area contributed by atoms with Gasteiger partial charge in [0.2, 0.25) is 10.0 Å². The maximum absolute atomic E-state index is 13.0. The van der Waals surface area contributed by atoms with Gasteiger partial charge in [-0.25, -0.2) is 13.1 Å². The first-order chi connectivity index (χ1) is 13.3. The van der Waals surface area contributed by atoms with Gasteiger partial charge in [0, 0.05) is 25.7 Å². The van der Waals surface area contributed by atoms with Crippen molar-refractivity contribution in [2.45, 2.75) is 38.6 Å². The van der Waals surface area contributed by atoms with Gasteiger partial charge in [-0.3, -0.25) is 4.90 Å². The molecule has 1 N–H and O–H groups in total. The third kappa shape index (κ3) is 4.81. The van der Waals surface area contributed by atoms with Gasteiger partial charge in [-0.2, -0.15) is 0 Å². The quantitative estimate of drug-likeness (QED) is 0.806. The maximum Gasteiger partial charge on any atom is 0.240 e. The normalized spacial score (nSPS) is 16.9. The van der Waals surface area contributed by atoms with Gasteiger partial charge in [0.25, 0.3) is 0 Å². The Hall–Kier alpha value is -1.73. The van der Waals surface area contributed by atoms with Crippen molar-refractivity contribution >= 4 is 10.0 Å². The Morgan fingerprint density at radius 1 is 0.964 bits per heavy atom. The first-order valence-corrected chi connectivity index (χ1v) is 11.2. The number of aryl methyl sites for hydroxylation is 4. The van der Waals surface area contributed by atoms with Gasteiger partial charge < -0.3 is 4.74 Å². The van der Waals surface area contributed by atoms with Gasteiger partial charge in [-0.15, -0.1) is 0 Å². The molecule has 0 spiro atoms. The van der Waals surface area contributed by atoms with Crippen LogP contribution in [0.5, 0.6) is 0 Å². The van der Waals surface area contributed by atoms with E-state index in [1.807, 2.05) is 26.8 Å². The summed E-state index contributed by atoms with van der Waals surface area (Å²) in [5.41, 5.74) is 5.16. The van der Waals surface area contributed by atoms with Crippen molar-refractivity contribution in [3.05, 3.63) is 64.2 Å². The van der Waals surface area contributed by atoms with E-state index < -0.39 is 10.0 Å². The van der Waals surface area contributed by atoms with Gasteiger partial charge >= 0.3 is 0 Å². The summed E-state index contributed by atoms with van der Waals surface area (Å²) in [6, 6.07) is 12.0. The molecule has 1 saturated heterocycles. The van der Waals surface area contributed by atoms with Crippen LogP contribution in [-0.4, -0.2) is 46.2 Å². The number of hydrogen-bond donors (Lipinski definition) is 1. The Kier molecular flexibility index (Phi) is 6.55. The highest BCUT2D eigenvalue weighted by Crippen LogP contribution is 2.24. The predicted molar refractivity (Wildman–Crippen MR) is 112 cm³/mol. The lowest BCUT2D eigenvalue weighted by molar-refractivity contribution is 0.0172. The zero-order chi connectivity index (χ0) is 20.3. The van der Waals surface area contributed by atoms with Gasteiger partial charge in [0.15, 0.2) is 0 Å². The molecule has 3 rings (SSSR count). The van der Waals surface area contributed by atoms with E-state index in [-0.39, 0.29) is 6.04 Å².